The fraction of sp³-hybridized carbons (Fsp3) is 0.278. The van der Waals surface area contributed by atoms with Crippen LogP contribution in [0.4, 0.5) is 5.69 Å². The van der Waals surface area contributed by atoms with Crippen LogP contribution in [-0.4, -0.2) is 31.6 Å². The van der Waals surface area contributed by atoms with E-state index in [0.717, 1.165) is 18.4 Å². The molecular weight excluding hydrogens is 324 g/mol. The molecule has 7 heteroatoms. The highest BCUT2D eigenvalue weighted by Crippen LogP contribution is 2.27. The van der Waals surface area contributed by atoms with Crippen LogP contribution in [0.2, 0.25) is 0 Å². The molecule has 0 heterocycles. The molecule has 0 aliphatic heterocycles. The summed E-state index contributed by atoms with van der Waals surface area (Å²) in [6.45, 7) is 0.504. The number of nitrogens with zero attached hydrogens (tertiary/aromatic N) is 1. The van der Waals surface area contributed by atoms with Crippen LogP contribution in [0.25, 0.3) is 0 Å². The molecular formula is C18H20N2O5. The zero-order valence-corrected chi connectivity index (χ0v) is 14.2. The second-order valence-electron chi connectivity index (χ2n) is 5.35. The number of aryl methyl sites for hydroxylation is 1. The monoisotopic (exact) mass is 344 g/mol. The topological polar surface area (TPSA) is 90.7 Å². The Morgan fingerprint density at radius 2 is 1.76 bits per heavy atom. The highest BCUT2D eigenvalue weighted by molar-refractivity contribution is 5.94. The van der Waals surface area contributed by atoms with Crippen molar-refractivity contribution in [1.82, 2.24) is 5.32 Å². The quantitative estimate of drug-likeness (QED) is 0.452. The second kappa shape index (κ2) is 8.68. The summed E-state index contributed by atoms with van der Waals surface area (Å²) in [7, 11) is 3.18. The van der Waals surface area contributed by atoms with Gasteiger partial charge in [0.05, 0.1) is 19.1 Å². The van der Waals surface area contributed by atoms with Gasteiger partial charge in [0.2, 0.25) is 0 Å². The second-order valence-corrected chi connectivity index (χ2v) is 5.35. The highest BCUT2D eigenvalue weighted by Gasteiger charge is 2.09. The van der Waals surface area contributed by atoms with E-state index in [4.69, 9.17) is 9.47 Å². The molecule has 0 unspecified atom stereocenters. The molecule has 2 aromatic rings. The molecule has 2 rings (SSSR count). The van der Waals surface area contributed by atoms with Crippen molar-refractivity contribution in [3.8, 4) is 11.5 Å². The minimum absolute atomic E-state index is 0.0370. The van der Waals surface area contributed by atoms with Gasteiger partial charge in [0.1, 0.15) is 0 Å². The van der Waals surface area contributed by atoms with Gasteiger partial charge in [-0.25, -0.2) is 0 Å². The number of methoxy groups -OCH3 is 2. The zero-order valence-electron chi connectivity index (χ0n) is 14.2. The first-order chi connectivity index (χ1) is 12.0. The van der Waals surface area contributed by atoms with Gasteiger partial charge in [0, 0.05) is 24.2 Å². The van der Waals surface area contributed by atoms with Crippen molar-refractivity contribution in [2.75, 3.05) is 20.8 Å². The number of hydrogen-bond acceptors (Lipinski definition) is 5. The van der Waals surface area contributed by atoms with Crippen LogP contribution in [0, 0.1) is 10.1 Å². The third-order valence-corrected chi connectivity index (χ3v) is 3.72. The number of carbonyl (C=O) groups is 1. The van der Waals surface area contributed by atoms with Gasteiger partial charge < -0.3 is 14.8 Å². The summed E-state index contributed by atoms with van der Waals surface area (Å²) in [5.74, 6) is 1.11. The standard InChI is InChI=1S/C18H20N2O5/c1-24-16-10-5-13(12-17(16)25-2)4-3-11-19-18(21)14-6-8-15(9-7-14)20(22)23/h5-10,12H,3-4,11H2,1-2H3,(H,19,21). The van der Waals surface area contributed by atoms with Gasteiger partial charge in [-0.15, -0.1) is 0 Å². The Labute approximate surface area is 145 Å². The Bertz CT molecular complexity index is 744. The van der Waals surface area contributed by atoms with Gasteiger partial charge >= 0.3 is 0 Å². The number of nitro benzene ring substituents is 1. The molecule has 0 aliphatic carbocycles. The van der Waals surface area contributed by atoms with Crippen LogP contribution < -0.4 is 14.8 Å². The molecule has 0 radical (unpaired) electrons. The lowest BCUT2D eigenvalue weighted by Gasteiger charge is -2.10. The van der Waals surface area contributed by atoms with E-state index in [1.54, 1.807) is 14.2 Å². The van der Waals surface area contributed by atoms with Crippen LogP contribution in [0.3, 0.4) is 0 Å². The molecule has 1 amide bonds. The van der Waals surface area contributed by atoms with Crippen LogP contribution in [0.1, 0.15) is 22.3 Å². The average molecular weight is 344 g/mol. The fourth-order valence-electron chi connectivity index (χ4n) is 2.37. The van der Waals surface area contributed by atoms with Crippen molar-refractivity contribution in [1.29, 1.82) is 0 Å². The van der Waals surface area contributed by atoms with E-state index in [-0.39, 0.29) is 11.6 Å². The summed E-state index contributed by atoms with van der Waals surface area (Å²) in [4.78, 5) is 22.1. The predicted molar refractivity (Wildman–Crippen MR) is 93.3 cm³/mol. The van der Waals surface area contributed by atoms with E-state index < -0.39 is 4.92 Å². The fourth-order valence-corrected chi connectivity index (χ4v) is 2.37. The van der Waals surface area contributed by atoms with Gasteiger partial charge in [-0.05, 0) is 42.7 Å². The van der Waals surface area contributed by atoms with E-state index in [1.807, 2.05) is 18.2 Å². The molecule has 0 spiro atoms. The van der Waals surface area contributed by atoms with E-state index in [2.05, 4.69) is 5.32 Å². The predicted octanol–water partition coefficient (Wildman–Crippen LogP) is 2.97. The maximum Gasteiger partial charge on any atom is 0.269 e. The van der Waals surface area contributed by atoms with Crippen molar-refractivity contribution in [3.63, 3.8) is 0 Å². The summed E-state index contributed by atoms with van der Waals surface area (Å²) in [5, 5.41) is 13.4. The van der Waals surface area contributed by atoms with Gasteiger partial charge in [-0.2, -0.15) is 0 Å². The van der Waals surface area contributed by atoms with Gasteiger partial charge in [-0.1, -0.05) is 6.07 Å². The summed E-state index contributed by atoms with van der Waals surface area (Å²) >= 11 is 0. The van der Waals surface area contributed by atoms with Crippen LogP contribution in [0.15, 0.2) is 42.5 Å². The summed E-state index contributed by atoms with van der Waals surface area (Å²) in [6, 6.07) is 11.3. The lowest BCUT2D eigenvalue weighted by Crippen LogP contribution is -2.24. The van der Waals surface area contributed by atoms with E-state index in [0.29, 0.717) is 23.6 Å². The SMILES string of the molecule is COc1ccc(CCCNC(=O)c2ccc([N+](=O)[O-])cc2)cc1OC. The molecule has 0 aromatic heterocycles. The highest BCUT2D eigenvalue weighted by atomic mass is 16.6. The maximum absolute atomic E-state index is 12.0. The first-order valence-electron chi connectivity index (χ1n) is 7.78. The maximum atomic E-state index is 12.0. The molecule has 7 nitrogen and oxygen atoms in total. The minimum atomic E-state index is -0.495. The van der Waals surface area contributed by atoms with E-state index in [1.165, 1.54) is 24.3 Å². The Morgan fingerprint density at radius 1 is 1.08 bits per heavy atom. The number of non-ortho nitro benzene ring substituents is 1. The zero-order chi connectivity index (χ0) is 18.2. The molecule has 2 aromatic carbocycles. The van der Waals surface area contributed by atoms with Crippen LogP contribution in [0.5, 0.6) is 11.5 Å². The lowest BCUT2D eigenvalue weighted by atomic mass is 10.1. The molecule has 132 valence electrons. The Kier molecular flexibility index (Phi) is 6.33. The Balaban J connectivity index is 1.82. The largest absolute Gasteiger partial charge is 0.493 e. The van der Waals surface area contributed by atoms with Gasteiger partial charge in [0.25, 0.3) is 11.6 Å². The molecule has 25 heavy (non-hydrogen) atoms. The minimum Gasteiger partial charge on any atom is -0.493 e. The molecule has 0 saturated heterocycles. The first kappa shape index (κ1) is 18.3. The number of hydrogen-bond donors (Lipinski definition) is 1. The summed E-state index contributed by atoms with van der Waals surface area (Å²) < 4.78 is 10.5. The molecule has 1 N–H and O–H groups in total. The Morgan fingerprint density at radius 3 is 2.36 bits per heavy atom. The van der Waals surface area contributed by atoms with Crippen molar-refractivity contribution >= 4 is 11.6 Å². The molecule has 0 saturated carbocycles. The molecule has 0 atom stereocenters. The number of nitrogens with one attached hydrogen (secondary N) is 1. The summed E-state index contributed by atoms with van der Waals surface area (Å²) in [6.07, 6.45) is 1.54. The third-order valence-electron chi connectivity index (χ3n) is 3.72. The van der Waals surface area contributed by atoms with Crippen molar-refractivity contribution in [3.05, 3.63) is 63.7 Å². The summed E-state index contributed by atoms with van der Waals surface area (Å²) in [5.41, 5.74) is 1.45. The Hall–Kier alpha value is -3.09. The number of carbonyl (C=O) groups excluding carboxylic acids is 1. The van der Waals surface area contributed by atoms with Crippen molar-refractivity contribution < 1.29 is 19.2 Å². The molecule has 0 aliphatic rings. The van der Waals surface area contributed by atoms with E-state index in [9.17, 15) is 14.9 Å². The average Bonchev–Trinajstić information content (AvgIpc) is 2.64. The van der Waals surface area contributed by atoms with Crippen molar-refractivity contribution in [2.45, 2.75) is 12.8 Å². The van der Waals surface area contributed by atoms with Gasteiger partial charge in [0.15, 0.2) is 11.5 Å². The number of benzene rings is 2. The smallest absolute Gasteiger partial charge is 0.269 e. The van der Waals surface area contributed by atoms with Gasteiger partial charge in [-0.3, -0.25) is 14.9 Å². The van der Waals surface area contributed by atoms with Crippen molar-refractivity contribution in [2.24, 2.45) is 0 Å². The normalized spacial score (nSPS) is 10.2. The lowest BCUT2D eigenvalue weighted by molar-refractivity contribution is -0.384. The first-order valence-corrected chi connectivity index (χ1v) is 7.78. The third kappa shape index (κ3) is 4.94. The molecule has 0 fully saturated rings. The number of ether oxygens (including phenoxy) is 2. The number of nitro groups is 1. The number of rotatable bonds is 8. The number of amides is 1. The van der Waals surface area contributed by atoms with Crippen LogP contribution >= 0.6 is 0 Å². The van der Waals surface area contributed by atoms with E-state index >= 15 is 0 Å². The molecule has 0 bridgehead atoms. The van der Waals surface area contributed by atoms with Crippen LogP contribution in [-0.2, 0) is 6.42 Å².